The minimum atomic E-state index is -3.79. The molecule has 2 heterocycles. The molecule has 0 bridgehead atoms. The molecule has 0 fully saturated rings. The first-order valence-electron chi connectivity index (χ1n) is 13.1. The molecule has 3 aromatic rings. The molecule has 0 saturated heterocycles. The highest BCUT2D eigenvalue weighted by Crippen LogP contribution is 2.38. The Morgan fingerprint density at radius 1 is 1.05 bits per heavy atom. The fraction of sp³-hybridized carbons (Fsp3) is 0.433. The lowest BCUT2D eigenvalue weighted by atomic mass is 9.85. The van der Waals surface area contributed by atoms with Crippen LogP contribution < -0.4 is 0 Å². The summed E-state index contributed by atoms with van der Waals surface area (Å²) in [5.74, 6) is -0.159. The van der Waals surface area contributed by atoms with Gasteiger partial charge in [0.15, 0.2) is 0 Å². The van der Waals surface area contributed by atoms with E-state index in [4.69, 9.17) is 0 Å². The summed E-state index contributed by atoms with van der Waals surface area (Å²) in [5.41, 5.74) is 4.48. The summed E-state index contributed by atoms with van der Waals surface area (Å²) in [4.78, 5) is 17.3. The topological polar surface area (TPSA) is 57.7 Å². The van der Waals surface area contributed by atoms with Crippen LogP contribution in [0.5, 0.6) is 0 Å². The average Bonchev–Trinajstić information content (AvgIpc) is 3.34. The molecule has 0 spiro atoms. The normalized spacial score (nSPS) is 16.2. The molecule has 37 heavy (non-hydrogen) atoms. The van der Waals surface area contributed by atoms with Gasteiger partial charge in [-0.1, -0.05) is 76.1 Å². The van der Waals surface area contributed by atoms with Gasteiger partial charge >= 0.3 is 0 Å². The molecule has 4 rings (SSSR count). The minimum Gasteiger partial charge on any atom is -0.330 e. The number of benzene rings is 2. The maximum absolute atomic E-state index is 13.9. The highest BCUT2D eigenvalue weighted by Gasteiger charge is 2.35. The fourth-order valence-corrected chi connectivity index (χ4v) is 7.16. The second-order valence-electron chi connectivity index (χ2n) is 10.9. The van der Waals surface area contributed by atoms with Crippen LogP contribution in [0.3, 0.4) is 0 Å². The first-order chi connectivity index (χ1) is 17.5. The van der Waals surface area contributed by atoms with Gasteiger partial charge in [0.05, 0.1) is 17.5 Å². The summed E-state index contributed by atoms with van der Waals surface area (Å²) in [5, 5.41) is 2.09. The molecule has 1 unspecified atom stereocenters. The Morgan fingerprint density at radius 3 is 2.35 bits per heavy atom. The van der Waals surface area contributed by atoms with Gasteiger partial charge in [0.1, 0.15) is 0 Å². The Balaban J connectivity index is 1.65. The van der Waals surface area contributed by atoms with Gasteiger partial charge in [-0.3, -0.25) is 4.79 Å². The van der Waals surface area contributed by atoms with Gasteiger partial charge in [-0.25, -0.2) is 8.42 Å². The first kappa shape index (κ1) is 27.6. The van der Waals surface area contributed by atoms with E-state index in [1.807, 2.05) is 18.7 Å². The molecule has 1 aromatic heterocycles. The number of aryl methyl sites for hydroxylation is 1. The number of unbranched alkanes of at least 4 members (excludes halogenated alkanes) is 1. The summed E-state index contributed by atoms with van der Waals surface area (Å²) in [6.45, 7) is 11.3. The zero-order valence-corrected chi connectivity index (χ0v) is 24.2. The number of carbonyl (C=O) groups excluding carboxylic acids is 1. The van der Waals surface area contributed by atoms with Crippen LogP contribution in [-0.4, -0.2) is 43.2 Å². The molecule has 0 N–H and O–H groups in total. The Morgan fingerprint density at radius 2 is 1.73 bits per heavy atom. The van der Waals surface area contributed by atoms with Crippen molar-refractivity contribution < 1.29 is 13.2 Å². The van der Waals surface area contributed by atoms with Crippen LogP contribution in [0, 0.1) is 6.92 Å². The number of nitrogens with zero attached hydrogens (tertiary/aromatic N) is 2. The lowest BCUT2D eigenvalue weighted by Crippen LogP contribution is -2.47. The molecule has 1 aliphatic heterocycles. The Kier molecular flexibility index (Phi) is 8.26. The molecule has 1 aliphatic rings. The van der Waals surface area contributed by atoms with Crippen molar-refractivity contribution in [1.82, 2.24) is 9.21 Å². The number of fused-ring (bicyclic) bond motifs is 1. The Hall–Kier alpha value is -2.48. The smallest absolute Gasteiger partial charge is 0.243 e. The highest BCUT2D eigenvalue weighted by atomic mass is 32.2. The van der Waals surface area contributed by atoms with Crippen molar-refractivity contribution in [2.75, 3.05) is 19.6 Å². The highest BCUT2D eigenvalue weighted by molar-refractivity contribution is 7.89. The number of thiophene rings is 1. The van der Waals surface area contributed by atoms with E-state index in [0.29, 0.717) is 19.5 Å². The number of carbonyl (C=O) groups is 1. The number of amides is 1. The largest absolute Gasteiger partial charge is 0.330 e. The van der Waals surface area contributed by atoms with Crippen LogP contribution in [0.15, 0.2) is 64.9 Å². The van der Waals surface area contributed by atoms with Gasteiger partial charge < -0.3 is 4.90 Å². The van der Waals surface area contributed by atoms with Crippen LogP contribution >= 0.6 is 11.3 Å². The van der Waals surface area contributed by atoms with Crippen molar-refractivity contribution in [3.63, 3.8) is 0 Å². The third kappa shape index (κ3) is 6.00. The third-order valence-electron chi connectivity index (χ3n) is 7.11. The van der Waals surface area contributed by atoms with E-state index in [-0.39, 0.29) is 28.8 Å². The molecule has 1 amide bonds. The zero-order valence-electron chi connectivity index (χ0n) is 22.5. The minimum absolute atomic E-state index is 0.0399. The van der Waals surface area contributed by atoms with E-state index in [9.17, 15) is 13.2 Å². The molecule has 2 aromatic carbocycles. The van der Waals surface area contributed by atoms with Gasteiger partial charge in [-0.15, -0.1) is 11.3 Å². The van der Waals surface area contributed by atoms with Gasteiger partial charge in [0.2, 0.25) is 15.9 Å². The van der Waals surface area contributed by atoms with Crippen molar-refractivity contribution in [3.05, 3.63) is 87.1 Å². The van der Waals surface area contributed by atoms with E-state index in [1.165, 1.54) is 14.7 Å². The molecular formula is C30H38N2O3S2. The second kappa shape index (κ2) is 11.1. The lowest BCUT2D eigenvalue weighted by molar-refractivity contribution is -0.133. The molecule has 0 aliphatic carbocycles. The second-order valence-corrected chi connectivity index (χ2v) is 13.9. The maximum Gasteiger partial charge on any atom is 0.243 e. The predicted molar refractivity (Wildman–Crippen MR) is 152 cm³/mol. The number of hydrogen-bond acceptors (Lipinski definition) is 4. The quantitative estimate of drug-likeness (QED) is 0.337. The summed E-state index contributed by atoms with van der Waals surface area (Å²) < 4.78 is 28.5. The molecular weight excluding hydrogens is 500 g/mol. The molecule has 1 atom stereocenters. The molecule has 0 saturated carbocycles. The summed E-state index contributed by atoms with van der Waals surface area (Å²) in [6.07, 6.45) is 2.33. The van der Waals surface area contributed by atoms with E-state index in [1.54, 1.807) is 35.6 Å². The van der Waals surface area contributed by atoms with Gasteiger partial charge in [0, 0.05) is 18.0 Å². The lowest BCUT2D eigenvalue weighted by Gasteiger charge is -2.37. The van der Waals surface area contributed by atoms with Gasteiger partial charge in [-0.2, -0.15) is 4.31 Å². The molecule has 5 nitrogen and oxygen atoms in total. The van der Waals surface area contributed by atoms with Crippen molar-refractivity contribution in [3.8, 4) is 0 Å². The van der Waals surface area contributed by atoms with E-state index >= 15 is 0 Å². The van der Waals surface area contributed by atoms with Crippen LogP contribution in [-0.2, 0) is 26.7 Å². The fourth-order valence-electron chi connectivity index (χ4n) is 4.83. The van der Waals surface area contributed by atoms with E-state index < -0.39 is 10.0 Å². The number of rotatable bonds is 8. The van der Waals surface area contributed by atoms with Crippen LogP contribution in [0.1, 0.15) is 73.7 Å². The third-order valence-corrected chi connectivity index (χ3v) is 9.97. The Bertz CT molecular complexity index is 1320. The van der Waals surface area contributed by atoms with Crippen molar-refractivity contribution >= 4 is 27.3 Å². The Labute approximate surface area is 226 Å². The SMILES string of the molecule is CCCCN(CC(=O)N1CCc2sccc2C1c1ccc(C(C)(C)C)cc1)S(=O)(=O)c1ccc(C)cc1. The van der Waals surface area contributed by atoms with Crippen molar-refractivity contribution in [2.24, 2.45) is 0 Å². The summed E-state index contributed by atoms with van der Waals surface area (Å²) in [7, 11) is -3.79. The monoisotopic (exact) mass is 538 g/mol. The van der Waals surface area contributed by atoms with Crippen molar-refractivity contribution in [1.29, 1.82) is 0 Å². The standard InChI is InChI=1S/C30H38N2O3S2/c1-6-7-18-31(37(34,35)25-14-8-22(2)9-15-25)21-28(33)32-19-16-27-26(17-20-36-27)29(32)23-10-12-24(13-11-23)30(3,4)5/h8-15,17,20,29H,6-7,16,18-19,21H2,1-5H3. The predicted octanol–water partition coefficient (Wildman–Crippen LogP) is 6.32. The molecule has 7 heteroatoms. The first-order valence-corrected chi connectivity index (χ1v) is 15.4. The van der Waals surface area contributed by atoms with E-state index in [2.05, 4.69) is 56.5 Å². The molecule has 0 radical (unpaired) electrons. The number of hydrogen-bond donors (Lipinski definition) is 0. The summed E-state index contributed by atoms with van der Waals surface area (Å²) in [6, 6.07) is 17.3. The summed E-state index contributed by atoms with van der Waals surface area (Å²) >= 11 is 1.73. The molecule has 198 valence electrons. The zero-order chi connectivity index (χ0) is 26.8. The number of sulfonamides is 1. The maximum atomic E-state index is 13.9. The van der Waals surface area contributed by atoms with Gasteiger partial charge in [0.25, 0.3) is 0 Å². The van der Waals surface area contributed by atoms with Gasteiger partial charge in [-0.05, 0) is 65.4 Å². The van der Waals surface area contributed by atoms with E-state index in [0.717, 1.165) is 29.5 Å². The van der Waals surface area contributed by atoms with Crippen molar-refractivity contribution in [2.45, 2.75) is 70.2 Å². The van der Waals surface area contributed by atoms with Crippen LogP contribution in [0.4, 0.5) is 0 Å². The van der Waals surface area contributed by atoms with Crippen LogP contribution in [0.25, 0.3) is 0 Å². The average molecular weight is 539 g/mol. The van der Waals surface area contributed by atoms with Crippen LogP contribution in [0.2, 0.25) is 0 Å².